The molecule has 4 aromatic rings. The van der Waals surface area contributed by atoms with Crippen LogP contribution in [0.1, 0.15) is 16.8 Å². The Morgan fingerprint density at radius 1 is 1.03 bits per heavy atom. The summed E-state index contributed by atoms with van der Waals surface area (Å²) in [6.45, 7) is 0.701. The fraction of sp³-hybridized carbons (Fsp3) is 0.174. The summed E-state index contributed by atoms with van der Waals surface area (Å²) in [4.78, 5) is 4.63. The Morgan fingerprint density at radius 3 is 2.72 bits per heavy atom. The van der Waals surface area contributed by atoms with Gasteiger partial charge in [0.2, 0.25) is 0 Å². The van der Waals surface area contributed by atoms with Crippen molar-refractivity contribution in [3.8, 4) is 16.9 Å². The van der Waals surface area contributed by atoms with Gasteiger partial charge in [-0.2, -0.15) is 0 Å². The van der Waals surface area contributed by atoms with Gasteiger partial charge in [-0.1, -0.05) is 36.4 Å². The van der Waals surface area contributed by atoms with Crippen LogP contribution in [0.5, 0.6) is 5.75 Å². The zero-order valence-electron chi connectivity index (χ0n) is 15.8. The molecule has 0 aliphatic carbocycles. The summed E-state index contributed by atoms with van der Waals surface area (Å²) in [5.74, 6) is 0.598. The topological polar surface area (TPSA) is 102 Å². The van der Waals surface area contributed by atoms with Crippen LogP contribution >= 0.6 is 0 Å². The molecule has 0 aliphatic rings. The van der Waals surface area contributed by atoms with Gasteiger partial charge in [0.15, 0.2) is 11.9 Å². The molecule has 4 rings (SSSR count). The van der Waals surface area contributed by atoms with Crippen LogP contribution < -0.4 is 10.5 Å². The number of nitrogens with two attached hydrogens (primary N) is 1. The van der Waals surface area contributed by atoms with Crippen molar-refractivity contribution in [2.24, 2.45) is 5.73 Å². The number of rotatable bonds is 7. The van der Waals surface area contributed by atoms with Crippen molar-refractivity contribution in [3.05, 3.63) is 83.7 Å². The second-order valence-corrected chi connectivity index (χ2v) is 6.78. The quantitative estimate of drug-likeness (QED) is 0.418. The van der Waals surface area contributed by atoms with Crippen LogP contribution in [-0.4, -0.2) is 21.5 Å². The lowest BCUT2D eigenvalue weighted by atomic mass is 10.0. The molecule has 148 valence electrons. The smallest absolute Gasteiger partial charge is 0.160 e. The second-order valence-electron chi connectivity index (χ2n) is 6.78. The molecule has 0 saturated carbocycles. The number of benzene rings is 2. The number of aliphatic hydroxyl groups excluding tert-OH is 1. The molecule has 0 unspecified atom stereocenters. The first-order valence-corrected chi connectivity index (χ1v) is 9.37. The highest BCUT2D eigenvalue weighted by Crippen LogP contribution is 2.30. The molecule has 0 fully saturated rings. The minimum atomic E-state index is -1.43. The predicted octanol–water partition coefficient (Wildman–Crippen LogP) is 3.39. The number of hydrogen-bond donors (Lipinski definition) is 3. The van der Waals surface area contributed by atoms with Crippen molar-refractivity contribution in [2.75, 3.05) is 0 Å². The lowest BCUT2D eigenvalue weighted by Crippen LogP contribution is -2.10. The third-order valence-electron chi connectivity index (χ3n) is 4.69. The lowest BCUT2D eigenvalue weighted by molar-refractivity contribution is -0.0385. The Labute approximate surface area is 168 Å². The average Bonchev–Trinajstić information content (AvgIpc) is 3.21. The fourth-order valence-electron chi connectivity index (χ4n) is 3.33. The molecule has 4 N–H and O–H groups in total. The predicted molar refractivity (Wildman–Crippen MR) is 110 cm³/mol. The van der Waals surface area contributed by atoms with Crippen LogP contribution in [-0.2, 0) is 19.6 Å². The molecular weight excluding hydrogens is 368 g/mol. The summed E-state index contributed by atoms with van der Waals surface area (Å²) in [7, 11) is 0. The van der Waals surface area contributed by atoms with Crippen LogP contribution in [0.15, 0.2) is 71.3 Å². The van der Waals surface area contributed by atoms with E-state index in [4.69, 9.17) is 14.9 Å². The second kappa shape index (κ2) is 8.45. The first-order chi connectivity index (χ1) is 14.1. The lowest BCUT2D eigenvalue weighted by Gasteiger charge is -2.13. The van der Waals surface area contributed by atoms with Crippen molar-refractivity contribution >= 4 is 11.1 Å². The number of aliphatic hydroxyl groups is 2. The van der Waals surface area contributed by atoms with E-state index in [0.29, 0.717) is 17.9 Å². The van der Waals surface area contributed by atoms with Crippen LogP contribution in [0.25, 0.3) is 22.2 Å². The molecule has 6 nitrogen and oxygen atoms in total. The highest BCUT2D eigenvalue weighted by Gasteiger charge is 2.13. The van der Waals surface area contributed by atoms with Crippen molar-refractivity contribution in [3.63, 3.8) is 0 Å². The van der Waals surface area contributed by atoms with Crippen LogP contribution in [0.3, 0.4) is 0 Å². The van der Waals surface area contributed by atoms with E-state index in [0.717, 1.165) is 33.5 Å². The van der Waals surface area contributed by atoms with Gasteiger partial charge < -0.3 is 25.1 Å². The van der Waals surface area contributed by atoms with Gasteiger partial charge >= 0.3 is 0 Å². The number of para-hydroxylation sites is 1. The summed E-state index contributed by atoms with van der Waals surface area (Å²) in [5.41, 5.74) is 11.7. The Balaban J connectivity index is 1.66. The maximum atomic E-state index is 9.28. The molecule has 0 radical (unpaired) electrons. The highest BCUT2D eigenvalue weighted by atomic mass is 16.5. The van der Waals surface area contributed by atoms with Crippen LogP contribution in [0, 0.1) is 0 Å². The van der Waals surface area contributed by atoms with Gasteiger partial charge in [0.25, 0.3) is 0 Å². The number of hydrogen-bond acceptors (Lipinski definition) is 6. The van der Waals surface area contributed by atoms with Gasteiger partial charge in [-0.05, 0) is 34.9 Å². The zero-order chi connectivity index (χ0) is 20.2. The molecule has 29 heavy (non-hydrogen) atoms. The number of fused-ring (bicyclic) bond motifs is 1. The molecule has 0 spiro atoms. The molecule has 2 aromatic carbocycles. The van der Waals surface area contributed by atoms with Crippen molar-refractivity contribution in [1.29, 1.82) is 0 Å². The molecule has 0 saturated heterocycles. The van der Waals surface area contributed by atoms with Gasteiger partial charge in [-0.25, -0.2) is 4.98 Å². The highest BCUT2D eigenvalue weighted by molar-refractivity contribution is 5.90. The number of furan rings is 1. The standard InChI is InChI=1S/C23H22N2O4/c24-13-15-4-3-6-16(10-15)19-12-18(25-20-8-9-28-23(19)20)14-29-21-7-2-1-5-17(21)11-22(26)27/h1-10,12,22,26-27H,11,13-14,24H2. The molecule has 0 aliphatic heterocycles. The molecule has 6 heteroatoms. The molecule has 2 heterocycles. The first kappa shape index (κ1) is 19.1. The van der Waals surface area contributed by atoms with Crippen LogP contribution in [0.4, 0.5) is 0 Å². The van der Waals surface area contributed by atoms with E-state index in [1.807, 2.05) is 54.6 Å². The average molecular weight is 390 g/mol. The van der Waals surface area contributed by atoms with Gasteiger partial charge in [0.05, 0.1) is 12.0 Å². The van der Waals surface area contributed by atoms with E-state index in [1.54, 1.807) is 12.3 Å². The van der Waals surface area contributed by atoms with E-state index >= 15 is 0 Å². The zero-order valence-corrected chi connectivity index (χ0v) is 15.8. The molecule has 2 aromatic heterocycles. The van der Waals surface area contributed by atoms with Gasteiger partial charge in [-0.15, -0.1) is 0 Å². The van der Waals surface area contributed by atoms with Crippen molar-refractivity contribution in [2.45, 2.75) is 25.9 Å². The van der Waals surface area contributed by atoms with Crippen LogP contribution in [0.2, 0.25) is 0 Å². The number of ether oxygens (including phenoxy) is 1. The normalized spacial score (nSPS) is 11.3. The van der Waals surface area contributed by atoms with Crippen molar-refractivity contribution in [1.82, 2.24) is 4.98 Å². The van der Waals surface area contributed by atoms with E-state index in [-0.39, 0.29) is 13.0 Å². The Bertz CT molecular complexity index is 1120. The Hall–Kier alpha value is -3.19. The summed E-state index contributed by atoms with van der Waals surface area (Å²) < 4.78 is 11.6. The van der Waals surface area contributed by atoms with Gasteiger partial charge in [0.1, 0.15) is 17.9 Å². The SMILES string of the molecule is NCc1cccc(-c2cc(COc3ccccc3CC(O)O)nc3ccoc23)c1. The fourth-order valence-corrected chi connectivity index (χ4v) is 3.33. The maximum Gasteiger partial charge on any atom is 0.160 e. The van der Waals surface area contributed by atoms with Gasteiger partial charge in [0, 0.05) is 24.6 Å². The minimum absolute atomic E-state index is 0.0987. The minimum Gasteiger partial charge on any atom is -0.487 e. The maximum absolute atomic E-state index is 9.28. The largest absolute Gasteiger partial charge is 0.487 e. The molecule has 0 atom stereocenters. The van der Waals surface area contributed by atoms with E-state index in [2.05, 4.69) is 4.98 Å². The van der Waals surface area contributed by atoms with Crippen molar-refractivity contribution < 1.29 is 19.4 Å². The molecular formula is C23H22N2O4. The number of nitrogens with zero attached hydrogens (tertiary/aromatic N) is 1. The summed E-state index contributed by atoms with van der Waals surface area (Å²) in [6, 6.07) is 19.1. The van der Waals surface area contributed by atoms with Gasteiger partial charge in [-0.3, -0.25) is 0 Å². The van der Waals surface area contributed by atoms with E-state index < -0.39 is 6.29 Å². The number of aromatic nitrogens is 1. The van der Waals surface area contributed by atoms with E-state index in [1.165, 1.54) is 0 Å². The third kappa shape index (κ3) is 4.30. The molecule has 0 bridgehead atoms. The number of pyridine rings is 1. The first-order valence-electron chi connectivity index (χ1n) is 9.37. The summed E-state index contributed by atoms with van der Waals surface area (Å²) >= 11 is 0. The Kier molecular flexibility index (Phi) is 5.57. The third-order valence-corrected chi connectivity index (χ3v) is 4.69. The van der Waals surface area contributed by atoms with E-state index in [9.17, 15) is 10.2 Å². The molecule has 0 amide bonds. The monoisotopic (exact) mass is 390 g/mol. The summed E-state index contributed by atoms with van der Waals surface area (Å²) in [6.07, 6.45) is 0.291. The summed E-state index contributed by atoms with van der Waals surface area (Å²) in [5, 5.41) is 18.6. The Morgan fingerprint density at radius 2 is 1.90 bits per heavy atom.